The summed E-state index contributed by atoms with van der Waals surface area (Å²) in [6.45, 7) is -0.272. The maximum absolute atomic E-state index is 13.5. The standard InChI is InChI=1S/C22H24F2N2O6/c1-30-18-6-3-14(11-19(18)31-2)7-9-25-20(27)13-32-21(28)8-10-26-22(29)16-5-4-15(23)12-17(16)24/h3-6,11-12H,7-10,13H2,1-2H3,(H,25,27)(H,26,29). The van der Waals surface area contributed by atoms with E-state index in [-0.39, 0.29) is 18.5 Å². The summed E-state index contributed by atoms with van der Waals surface area (Å²) < 4.78 is 41.6. The van der Waals surface area contributed by atoms with Gasteiger partial charge in [0.1, 0.15) is 11.6 Å². The molecule has 0 fully saturated rings. The van der Waals surface area contributed by atoms with Gasteiger partial charge in [-0.3, -0.25) is 14.4 Å². The fourth-order valence-corrected chi connectivity index (χ4v) is 2.70. The minimum atomic E-state index is -1.00. The summed E-state index contributed by atoms with van der Waals surface area (Å²) in [5.74, 6) is -2.59. The summed E-state index contributed by atoms with van der Waals surface area (Å²) in [5, 5.41) is 4.95. The molecule has 0 saturated carbocycles. The fraction of sp³-hybridized carbons (Fsp3) is 0.318. The van der Waals surface area contributed by atoms with Crippen LogP contribution in [0.25, 0.3) is 0 Å². The number of hydrogen-bond donors (Lipinski definition) is 2. The lowest BCUT2D eigenvalue weighted by Crippen LogP contribution is -2.31. The van der Waals surface area contributed by atoms with Gasteiger partial charge in [-0.05, 0) is 36.2 Å². The minimum absolute atomic E-state index is 0.130. The van der Waals surface area contributed by atoms with Crippen molar-refractivity contribution in [2.45, 2.75) is 12.8 Å². The van der Waals surface area contributed by atoms with Crippen LogP contribution >= 0.6 is 0 Å². The third kappa shape index (κ3) is 7.53. The lowest BCUT2D eigenvalue weighted by Gasteiger charge is -2.10. The quantitative estimate of drug-likeness (QED) is 0.508. The van der Waals surface area contributed by atoms with Gasteiger partial charge < -0.3 is 24.8 Å². The van der Waals surface area contributed by atoms with E-state index in [1.807, 2.05) is 6.07 Å². The first-order chi connectivity index (χ1) is 15.3. The number of halogens is 2. The smallest absolute Gasteiger partial charge is 0.308 e. The third-order valence-electron chi connectivity index (χ3n) is 4.34. The third-order valence-corrected chi connectivity index (χ3v) is 4.34. The number of esters is 1. The number of rotatable bonds is 11. The predicted octanol–water partition coefficient (Wildman–Crippen LogP) is 2.00. The normalized spacial score (nSPS) is 10.2. The van der Waals surface area contributed by atoms with Crippen LogP contribution in [0.2, 0.25) is 0 Å². The molecule has 2 amide bonds. The molecular weight excluding hydrogens is 426 g/mol. The maximum atomic E-state index is 13.5. The number of nitrogens with one attached hydrogen (secondary N) is 2. The average Bonchev–Trinajstić information content (AvgIpc) is 2.77. The first-order valence-electron chi connectivity index (χ1n) is 9.70. The zero-order chi connectivity index (χ0) is 23.5. The molecule has 2 N–H and O–H groups in total. The Hall–Kier alpha value is -3.69. The highest BCUT2D eigenvalue weighted by molar-refractivity contribution is 5.94. The van der Waals surface area contributed by atoms with Crippen LogP contribution in [0, 0.1) is 11.6 Å². The SMILES string of the molecule is COc1ccc(CCNC(=O)COC(=O)CCNC(=O)c2ccc(F)cc2F)cc1OC. The van der Waals surface area contributed by atoms with Gasteiger partial charge in [-0.1, -0.05) is 6.07 Å². The summed E-state index contributed by atoms with van der Waals surface area (Å²) in [6.07, 6.45) is 0.319. The lowest BCUT2D eigenvalue weighted by atomic mass is 10.1. The molecule has 0 atom stereocenters. The van der Waals surface area contributed by atoms with Crippen molar-refractivity contribution in [2.24, 2.45) is 0 Å². The van der Waals surface area contributed by atoms with E-state index < -0.39 is 36.0 Å². The van der Waals surface area contributed by atoms with Crippen molar-refractivity contribution in [3.63, 3.8) is 0 Å². The highest BCUT2D eigenvalue weighted by Gasteiger charge is 2.13. The molecule has 0 aromatic heterocycles. The van der Waals surface area contributed by atoms with Crippen LogP contribution < -0.4 is 20.1 Å². The Morgan fingerprint density at radius 3 is 2.34 bits per heavy atom. The number of carbonyl (C=O) groups is 3. The van der Waals surface area contributed by atoms with Crippen molar-refractivity contribution < 1.29 is 37.4 Å². The van der Waals surface area contributed by atoms with E-state index >= 15 is 0 Å². The molecule has 0 heterocycles. The molecule has 172 valence electrons. The summed E-state index contributed by atoms with van der Waals surface area (Å²) in [4.78, 5) is 35.3. The van der Waals surface area contributed by atoms with Gasteiger partial charge in [-0.2, -0.15) is 0 Å². The maximum Gasteiger partial charge on any atom is 0.308 e. The topological polar surface area (TPSA) is 103 Å². The zero-order valence-electron chi connectivity index (χ0n) is 17.7. The summed E-state index contributed by atoms with van der Waals surface area (Å²) in [7, 11) is 3.07. The van der Waals surface area contributed by atoms with E-state index in [2.05, 4.69) is 10.6 Å². The zero-order valence-corrected chi connectivity index (χ0v) is 17.7. The van der Waals surface area contributed by atoms with Gasteiger partial charge in [-0.25, -0.2) is 8.78 Å². The fourth-order valence-electron chi connectivity index (χ4n) is 2.70. The van der Waals surface area contributed by atoms with Crippen molar-refractivity contribution in [3.05, 3.63) is 59.2 Å². The van der Waals surface area contributed by atoms with E-state index in [1.54, 1.807) is 19.2 Å². The van der Waals surface area contributed by atoms with E-state index in [9.17, 15) is 23.2 Å². The first-order valence-corrected chi connectivity index (χ1v) is 9.70. The molecule has 0 aliphatic rings. The van der Waals surface area contributed by atoms with Crippen molar-refractivity contribution in [3.8, 4) is 11.5 Å². The number of amides is 2. The molecule has 0 bridgehead atoms. The van der Waals surface area contributed by atoms with Crippen LogP contribution in [0.15, 0.2) is 36.4 Å². The monoisotopic (exact) mass is 450 g/mol. The molecule has 8 nitrogen and oxygen atoms in total. The molecule has 32 heavy (non-hydrogen) atoms. The first kappa shape index (κ1) is 24.6. The molecule has 0 aliphatic heterocycles. The molecule has 0 aliphatic carbocycles. The highest BCUT2D eigenvalue weighted by atomic mass is 19.1. The molecule has 0 saturated heterocycles. The molecule has 2 aromatic rings. The van der Waals surface area contributed by atoms with Gasteiger partial charge in [0.05, 0.1) is 26.2 Å². The Kier molecular flexibility index (Phi) is 9.40. The number of carbonyl (C=O) groups excluding carboxylic acids is 3. The molecule has 2 rings (SSSR count). The summed E-state index contributed by atoms with van der Waals surface area (Å²) in [6, 6.07) is 7.96. The van der Waals surface area contributed by atoms with Crippen LogP contribution in [0.1, 0.15) is 22.3 Å². The summed E-state index contributed by atoms with van der Waals surface area (Å²) in [5.41, 5.74) is 0.585. The van der Waals surface area contributed by atoms with Crippen molar-refractivity contribution in [1.29, 1.82) is 0 Å². The molecular formula is C22H24F2N2O6. The Morgan fingerprint density at radius 1 is 0.906 bits per heavy atom. The van der Waals surface area contributed by atoms with Gasteiger partial charge in [0.15, 0.2) is 18.1 Å². The van der Waals surface area contributed by atoms with Crippen LogP contribution in [0.5, 0.6) is 11.5 Å². The Balaban J connectivity index is 1.64. The minimum Gasteiger partial charge on any atom is -0.493 e. The number of methoxy groups -OCH3 is 2. The predicted molar refractivity (Wildman–Crippen MR) is 111 cm³/mol. The van der Waals surface area contributed by atoms with E-state index in [4.69, 9.17) is 14.2 Å². The number of ether oxygens (including phenoxy) is 3. The van der Waals surface area contributed by atoms with Crippen LogP contribution in [-0.4, -0.2) is 51.7 Å². The van der Waals surface area contributed by atoms with Gasteiger partial charge in [0, 0.05) is 19.2 Å². The summed E-state index contributed by atoms with van der Waals surface area (Å²) >= 11 is 0. The van der Waals surface area contributed by atoms with Crippen LogP contribution in [0.4, 0.5) is 8.78 Å². The van der Waals surface area contributed by atoms with Crippen molar-refractivity contribution in [1.82, 2.24) is 10.6 Å². The molecule has 0 radical (unpaired) electrons. The van der Waals surface area contributed by atoms with Gasteiger partial charge in [0.2, 0.25) is 0 Å². The molecule has 0 spiro atoms. The van der Waals surface area contributed by atoms with E-state index in [1.165, 1.54) is 7.11 Å². The highest BCUT2D eigenvalue weighted by Crippen LogP contribution is 2.27. The largest absolute Gasteiger partial charge is 0.493 e. The molecule has 2 aromatic carbocycles. The van der Waals surface area contributed by atoms with Gasteiger partial charge >= 0.3 is 5.97 Å². The second-order valence-corrected chi connectivity index (χ2v) is 6.58. The average molecular weight is 450 g/mol. The Bertz CT molecular complexity index is 967. The Morgan fingerprint density at radius 2 is 1.66 bits per heavy atom. The second kappa shape index (κ2) is 12.2. The molecule has 0 unspecified atom stereocenters. The second-order valence-electron chi connectivity index (χ2n) is 6.58. The van der Waals surface area contributed by atoms with Crippen molar-refractivity contribution >= 4 is 17.8 Å². The van der Waals surface area contributed by atoms with Gasteiger partial charge in [-0.15, -0.1) is 0 Å². The van der Waals surface area contributed by atoms with Crippen LogP contribution in [0.3, 0.4) is 0 Å². The molecule has 10 heteroatoms. The number of hydrogen-bond acceptors (Lipinski definition) is 6. The lowest BCUT2D eigenvalue weighted by molar-refractivity contribution is -0.148. The van der Waals surface area contributed by atoms with Crippen LogP contribution in [-0.2, 0) is 20.7 Å². The van der Waals surface area contributed by atoms with E-state index in [0.29, 0.717) is 30.5 Å². The van der Waals surface area contributed by atoms with Crippen molar-refractivity contribution in [2.75, 3.05) is 33.9 Å². The van der Waals surface area contributed by atoms with Gasteiger partial charge in [0.25, 0.3) is 11.8 Å². The van der Waals surface area contributed by atoms with E-state index in [0.717, 1.165) is 17.7 Å². The number of benzene rings is 2. The Labute approximate surface area is 183 Å².